The Morgan fingerprint density at radius 1 is 0.950 bits per heavy atom. The number of benzene rings is 2. The molecule has 3 nitrogen and oxygen atoms in total. The molecule has 1 amide bonds. The lowest BCUT2D eigenvalue weighted by atomic mass is 9.85. The third-order valence-corrected chi connectivity index (χ3v) is 3.68. The van der Waals surface area contributed by atoms with Gasteiger partial charge in [0.05, 0.1) is 5.69 Å². The average Bonchev–Trinajstić information content (AvgIpc) is 2.49. The van der Waals surface area contributed by atoms with Crippen LogP contribution in [0.15, 0.2) is 54.6 Å². The van der Waals surface area contributed by atoms with E-state index in [0.717, 1.165) is 11.3 Å². The van der Waals surface area contributed by atoms with Crippen LogP contribution >= 0.6 is 0 Å². The fourth-order valence-corrected chi connectivity index (χ4v) is 2.73. The van der Waals surface area contributed by atoms with Gasteiger partial charge in [-0.05, 0) is 24.6 Å². The second kappa shape index (κ2) is 4.93. The zero-order chi connectivity index (χ0) is 14.1. The lowest BCUT2D eigenvalue weighted by molar-refractivity contribution is -0.119. The van der Waals surface area contributed by atoms with Crippen LogP contribution in [0.3, 0.4) is 0 Å². The van der Waals surface area contributed by atoms with Crippen LogP contribution in [0.25, 0.3) is 0 Å². The first-order valence-electron chi connectivity index (χ1n) is 6.73. The SMILES string of the molecule is CCN1C(=O)C(c2ccccc2)C(=O)c2ccccc21. The van der Waals surface area contributed by atoms with E-state index in [1.807, 2.05) is 55.5 Å². The van der Waals surface area contributed by atoms with Crippen molar-refractivity contribution >= 4 is 17.4 Å². The maximum atomic E-state index is 12.6. The van der Waals surface area contributed by atoms with E-state index in [1.54, 1.807) is 11.0 Å². The van der Waals surface area contributed by atoms with E-state index in [2.05, 4.69) is 0 Å². The standard InChI is InChI=1S/C17H15NO2/c1-2-18-14-11-7-6-10-13(14)16(19)15(17(18)20)12-8-4-3-5-9-12/h3-11,15H,2H2,1H3. The summed E-state index contributed by atoms with van der Waals surface area (Å²) < 4.78 is 0. The molecule has 20 heavy (non-hydrogen) atoms. The summed E-state index contributed by atoms with van der Waals surface area (Å²) >= 11 is 0. The summed E-state index contributed by atoms with van der Waals surface area (Å²) in [5.74, 6) is -0.963. The Kier molecular flexibility index (Phi) is 3.11. The highest BCUT2D eigenvalue weighted by Crippen LogP contribution is 2.35. The maximum Gasteiger partial charge on any atom is 0.242 e. The van der Waals surface area contributed by atoms with E-state index in [1.165, 1.54) is 0 Å². The van der Waals surface area contributed by atoms with Crippen LogP contribution in [-0.4, -0.2) is 18.2 Å². The highest BCUT2D eigenvalue weighted by Gasteiger charge is 2.39. The zero-order valence-electron chi connectivity index (χ0n) is 11.2. The first kappa shape index (κ1) is 12.6. The van der Waals surface area contributed by atoms with Crippen molar-refractivity contribution in [3.63, 3.8) is 0 Å². The largest absolute Gasteiger partial charge is 0.311 e. The molecule has 0 aliphatic carbocycles. The molecule has 0 N–H and O–H groups in total. The molecule has 1 unspecified atom stereocenters. The predicted molar refractivity (Wildman–Crippen MR) is 78.0 cm³/mol. The van der Waals surface area contributed by atoms with Crippen LogP contribution in [0.5, 0.6) is 0 Å². The van der Waals surface area contributed by atoms with Crippen molar-refractivity contribution in [3.8, 4) is 0 Å². The Morgan fingerprint density at radius 3 is 2.30 bits per heavy atom. The normalized spacial score (nSPS) is 18.1. The van der Waals surface area contributed by atoms with Gasteiger partial charge in [-0.3, -0.25) is 9.59 Å². The molecular weight excluding hydrogens is 250 g/mol. The van der Waals surface area contributed by atoms with Crippen LogP contribution in [0.4, 0.5) is 5.69 Å². The Bertz CT molecular complexity index is 664. The van der Waals surface area contributed by atoms with Gasteiger partial charge in [0.15, 0.2) is 5.78 Å². The third-order valence-electron chi connectivity index (χ3n) is 3.68. The summed E-state index contributed by atoms with van der Waals surface area (Å²) in [7, 11) is 0. The number of carbonyl (C=O) groups excluding carboxylic acids is 2. The van der Waals surface area contributed by atoms with E-state index in [-0.39, 0.29) is 11.7 Å². The lowest BCUT2D eigenvalue weighted by Gasteiger charge is -2.32. The highest BCUT2D eigenvalue weighted by molar-refractivity contribution is 6.25. The molecule has 100 valence electrons. The fraction of sp³-hybridized carbons (Fsp3) is 0.176. The minimum absolute atomic E-state index is 0.110. The van der Waals surface area contributed by atoms with Gasteiger partial charge in [0.2, 0.25) is 5.91 Å². The minimum Gasteiger partial charge on any atom is -0.311 e. The maximum absolute atomic E-state index is 12.6. The summed E-state index contributed by atoms with van der Waals surface area (Å²) in [5.41, 5.74) is 2.11. The van der Waals surface area contributed by atoms with E-state index in [0.29, 0.717) is 12.1 Å². The van der Waals surface area contributed by atoms with Crippen LogP contribution in [0.1, 0.15) is 28.8 Å². The summed E-state index contributed by atoms with van der Waals surface area (Å²) in [6, 6.07) is 16.6. The van der Waals surface area contributed by atoms with Crippen molar-refractivity contribution in [1.29, 1.82) is 0 Å². The first-order valence-corrected chi connectivity index (χ1v) is 6.73. The fourth-order valence-electron chi connectivity index (χ4n) is 2.73. The predicted octanol–water partition coefficient (Wildman–Crippen LogP) is 3.02. The number of Topliss-reactive ketones (excluding diaryl/α,β-unsaturated/α-hetero) is 1. The molecule has 0 fully saturated rings. The van der Waals surface area contributed by atoms with Gasteiger partial charge in [-0.25, -0.2) is 0 Å². The number of hydrogen-bond donors (Lipinski definition) is 0. The molecule has 3 heteroatoms. The molecule has 1 heterocycles. The Labute approximate surface area is 117 Å². The Balaban J connectivity index is 2.15. The second-order valence-electron chi connectivity index (χ2n) is 4.81. The van der Waals surface area contributed by atoms with Crippen molar-refractivity contribution in [2.45, 2.75) is 12.8 Å². The minimum atomic E-state index is -0.717. The molecule has 0 saturated heterocycles. The number of rotatable bonds is 2. The smallest absolute Gasteiger partial charge is 0.242 e. The molecule has 0 bridgehead atoms. The summed E-state index contributed by atoms with van der Waals surface area (Å²) in [4.78, 5) is 27.0. The molecule has 0 saturated carbocycles. The molecule has 0 spiro atoms. The number of ketones is 1. The number of likely N-dealkylation sites (N-methyl/N-ethyl adjacent to an activating group) is 1. The number of hydrogen-bond acceptors (Lipinski definition) is 2. The molecule has 1 aliphatic heterocycles. The van der Waals surface area contributed by atoms with Gasteiger partial charge < -0.3 is 4.90 Å². The Hall–Kier alpha value is -2.42. The van der Waals surface area contributed by atoms with Gasteiger partial charge in [0, 0.05) is 12.1 Å². The van der Waals surface area contributed by atoms with Crippen LogP contribution < -0.4 is 4.90 Å². The number of fused-ring (bicyclic) bond motifs is 1. The van der Waals surface area contributed by atoms with Crippen molar-refractivity contribution in [2.24, 2.45) is 0 Å². The lowest BCUT2D eigenvalue weighted by Crippen LogP contribution is -2.43. The summed E-state index contributed by atoms with van der Waals surface area (Å²) in [6.07, 6.45) is 0. The molecule has 3 rings (SSSR count). The Morgan fingerprint density at radius 2 is 1.60 bits per heavy atom. The van der Waals surface area contributed by atoms with Crippen LogP contribution in [0, 0.1) is 0 Å². The third kappa shape index (κ3) is 1.83. The molecular formula is C17H15NO2. The van der Waals surface area contributed by atoms with Gasteiger partial charge in [-0.2, -0.15) is 0 Å². The average molecular weight is 265 g/mol. The number of para-hydroxylation sites is 1. The van der Waals surface area contributed by atoms with Gasteiger partial charge in [0.25, 0.3) is 0 Å². The van der Waals surface area contributed by atoms with E-state index in [4.69, 9.17) is 0 Å². The topological polar surface area (TPSA) is 37.4 Å². The quantitative estimate of drug-likeness (QED) is 0.783. The van der Waals surface area contributed by atoms with Crippen molar-refractivity contribution in [2.75, 3.05) is 11.4 Å². The van der Waals surface area contributed by atoms with E-state index in [9.17, 15) is 9.59 Å². The molecule has 0 radical (unpaired) electrons. The molecule has 2 aromatic rings. The van der Waals surface area contributed by atoms with Crippen LogP contribution in [0.2, 0.25) is 0 Å². The zero-order valence-corrected chi connectivity index (χ0v) is 11.2. The molecule has 2 aromatic carbocycles. The van der Waals surface area contributed by atoms with Crippen molar-refractivity contribution in [1.82, 2.24) is 0 Å². The molecule has 1 atom stereocenters. The number of amides is 1. The second-order valence-corrected chi connectivity index (χ2v) is 4.81. The number of carbonyl (C=O) groups is 2. The van der Waals surface area contributed by atoms with Crippen LogP contribution in [-0.2, 0) is 4.79 Å². The molecule has 1 aliphatic rings. The van der Waals surface area contributed by atoms with E-state index >= 15 is 0 Å². The number of anilines is 1. The monoisotopic (exact) mass is 265 g/mol. The summed E-state index contributed by atoms with van der Waals surface area (Å²) in [6.45, 7) is 2.49. The van der Waals surface area contributed by atoms with E-state index < -0.39 is 5.92 Å². The van der Waals surface area contributed by atoms with Crippen molar-refractivity contribution < 1.29 is 9.59 Å². The van der Waals surface area contributed by atoms with Gasteiger partial charge in [-0.15, -0.1) is 0 Å². The van der Waals surface area contributed by atoms with Crippen molar-refractivity contribution in [3.05, 3.63) is 65.7 Å². The van der Waals surface area contributed by atoms with Gasteiger partial charge >= 0.3 is 0 Å². The van der Waals surface area contributed by atoms with Gasteiger partial charge in [-0.1, -0.05) is 42.5 Å². The number of nitrogens with zero attached hydrogens (tertiary/aromatic N) is 1. The van der Waals surface area contributed by atoms with Gasteiger partial charge in [0.1, 0.15) is 5.92 Å². The highest BCUT2D eigenvalue weighted by atomic mass is 16.2. The molecule has 0 aromatic heterocycles. The summed E-state index contributed by atoms with van der Waals surface area (Å²) in [5, 5.41) is 0. The first-order chi connectivity index (χ1) is 9.74.